The van der Waals surface area contributed by atoms with Crippen LogP contribution < -0.4 is 10.5 Å². The molecule has 1 saturated heterocycles. The fraction of sp³-hybridized carbons (Fsp3) is 0.600. The van der Waals surface area contributed by atoms with Crippen LogP contribution in [-0.4, -0.2) is 39.0 Å². The SMILES string of the molecule is COc1ccc(S(=O)(=O)N2CC3CCC(N)C3C2)cc1C. The first kappa shape index (κ1) is 14.8. The lowest BCUT2D eigenvalue weighted by Crippen LogP contribution is -2.33. The first-order chi connectivity index (χ1) is 9.93. The number of methoxy groups -OCH3 is 1. The van der Waals surface area contributed by atoms with Crippen molar-refractivity contribution in [3.8, 4) is 5.75 Å². The Labute approximate surface area is 126 Å². The van der Waals surface area contributed by atoms with Crippen molar-refractivity contribution in [3.63, 3.8) is 0 Å². The molecule has 0 amide bonds. The Balaban J connectivity index is 1.86. The highest BCUT2D eigenvalue weighted by Gasteiger charge is 2.45. The summed E-state index contributed by atoms with van der Waals surface area (Å²) in [5.41, 5.74) is 6.92. The third-order valence-electron chi connectivity index (χ3n) is 4.88. The van der Waals surface area contributed by atoms with Gasteiger partial charge in [0.1, 0.15) is 5.75 Å². The normalized spacial score (nSPS) is 29.6. The fourth-order valence-electron chi connectivity index (χ4n) is 3.62. The van der Waals surface area contributed by atoms with E-state index in [4.69, 9.17) is 10.5 Å². The van der Waals surface area contributed by atoms with Gasteiger partial charge in [-0.05, 0) is 55.4 Å². The van der Waals surface area contributed by atoms with Gasteiger partial charge in [0.05, 0.1) is 12.0 Å². The number of nitrogens with zero attached hydrogens (tertiary/aromatic N) is 1. The third kappa shape index (κ3) is 2.45. The van der Waals surface area contributed by atoms with Crippen molar-refractivity contribution in [2.24, 2.45) is 17.6 Å². The van der Waals surface area contributed by atoms with E-state index in [0.717, 1.165) is 18.4 Å². The summed E-state index contributed by atoms with van der Waals surface area (Å²) in [5, 5.41) is 0. The Bertz CT molecular complexity index is 644. The number of sulfonamides is 1. The van der Waals surface area contributed by atoms with Gasteiger partial charge in [0.25, 0.3) is 0 Å². The standard InChI is InChI=1S/C15H22N2O3S/c1-10-7-12(4-6-15(10)20-2)21(18,19)17-8-11-3-5-14(16)13(11)9-17/h4,6-7,11,13-14H,3,5,8-9,16H2,1-2H3. The Hall–Kier alpha value is -1.11. The number of ether oxygens (including phenoxy) is 1. The van der Waals surface area contributed by atoms with E-state index < -0.39 is 10.0 Å². The Kier molecular flexibility index (Phi) is 3.71. The van der Waals surface area contributed by atoms with E-state index in [1.807, 2.05) is 6.92 Å². The van der Waals surface area contributed by atoms with Gasteiger partial charge < -0.3 is 10.5 Å². The van der Waals surface area contributed by atoms with Crippen LogP contribution >= 0.6 is 0 Å². The molecular formula is C15H22N2O3S. The zero-order chi connectivity index (χ0) is 15.2. The highest BCUT2D eigenvalue weighted by Crippen LogP contribution is 2.39. The maximum absolute atomic E-state index is 12.8. The van der Waals surface area contributed by atoms with Gasteiger partial charge in [-0.2, -0.15) is 4.31 Å². The number of hydrogen-bond acceptors (Lipinski definition) is 4. The summed E-state index contributed by atoms with van der Waals surface area (Å²) >= 11 is 0. The molecule has 3 atom stereocenters. The molecule has 5 nitrogen and oxygen atoms in total. The van der Waals surface area contributed by atoms with E-state index in [2.05, 4.69) is 0 Å². The van der Waals surface area contributed by atoms with E-state index in [1.165, 1.54) is 0 Å². The second-order valence-electron chi connectivity index (χ2n) is 6.12. The number of nitrogens with two attached hydrogens (primary N) is 1. The number of fused-ring (bicyclic) bond motifs is 1. The molecule has 0 radical (unpaired) electrons. The molecule has 2 fully saturated rings. The molecule has 1 aromatic rings. The molecule has 1 aliphatic carbocycles. The molecule has 0 spiro atoms. The maximum Gasteiger partial charge on any atom is 0.243 e. The largest absolute Gasteiger partial charge is 0.496 e. The number of rotatable bonds is 3. The summed E-state index contributed by atoms with van der Waals surface area (Å²) in [4.78, 5) is 0.342. The quantitative estimate of drug-likeness (QED) is 0.915. The Morgan fingerprint density at radius 2 is 2.05 bits per heavy atom. The zero-order valence-electron chi connectivity index (χ0n) is 12.5. The highest BCUT2D eigenvalue weighted by atomic mass is 32.2. The number of hydrogen-bond donors (Lipinski definition) is 1. The topological polar surface area (TPSA) is 72.6 Å². The van der Waals surface area contributed by atoms with Gasteiger partial charge in [-0.15, -0.1) is 0 Å². The lowest BCUT2D eigenvalue weighted by atomic mass is 9.98. The molecule has 0 bridgehead atoms. The predicted molar refractivity (Wildman–Crippen MR) is 80.7 cm³/mol. The summed E-state index contributed by atoms with van der Waals surface area (Å²) in [6.45, 7) is 3.01. The summed E-state index contributed by atoms with van der Waals surface area (Å²) < 4.78 is 32.3. The minimum Gasteiger partial charge on any atom is -0.496 e. The lowest BCUT2D eigenvalue weighted by molar-refractivity contribution is 0.410. The van der Waals surface area contributed by atoms with Crippen LogP contribution in [0.1, 0.15) is 18.4 Å². The van der Waals surface area contributed by atoms with E-state index in [-0.39, 0.29) is 6.04 Å². The molecule has 2 N–H and O–H groups in total. The molecule has 1 aliphatic heterocycles. The monoisotopic (exact) mass is 310 g/mol. The number of benzene rings is 1. The highest BCUT2D eigenvalue weighted by molar-refractivity contribution is 7.89. The predicted octanol–water partition coefficient (Wildman–Crippen LogP) is 1.36. The summed E-state index contributed by atoms with van der Waals surface area (Å²) in [7, 11) is -1.85. The molecule has 1 heterocycles. The van der Waals surface area contributed by atoms with E-state index in [0.29, 0.717) is 35.6 Å². The van der Waals surface area contributed by atoms with Crippen LogP contribution in [0.25, 0.3) is 0 Å². The van der Waals surface area contributed by atoms with E-state index >= 15 is 0 Å². The van der Waals surface area contributed by atoms with Crippen molar-refractivity contribution >= 4 is 10.0 Å². The summed E-state index contributed by atoms with van der Waals surface area (Å²) in [5.74, 6) is 1.45. The molecule has 1 aromatic carbocycles. The van der Waals surface area contributed by atoms with Gasteiger partial charge in [0, 0.05) is 19.1 Å². The van der Waals surface area contributed by atoms with Gasteiger partial charge in [-0.25, -0.2) is 8.42 Å². The lowest BCUT2D eigenvalue weighted by Gasteiger charge is -2.19. The van der Waals surface area contributed by atoms with Crippen molar-refractivity contribution in [1.82, 2.24) is 4.31 Å². The van der Waals surface area contributed by atoms with E-state index in [1.54, 1.807) is 29.6 Å². The molecule has 1 saturated carbocycles. The Morgan fingerprint density at radius 3 is 2.67 bits per heavy atom. The minimum absolute atomic E-state index is 0.146. The van der Waals surface area contributed by atoms with Crippen molar-refractivity contribution in [3.05, 3.63) is 23.8 Å². The molecule has 3 rings (SSSR count). The van der Waals surface area contributed by atoms with Crippen molar-refractivity contribution in [2.75, 3.05) is 20.2 Å². The molecule has 0 aromatic heterocycles. The van der Waals surface area contributed by atoms with Crippen LogP contribution in [0.2, 0.25) is 0 Å². The first-order valence-corrected chi connectivity index (χ1v) is 8.78. The van der Waals surface area contributed by atoms with Crippen LogP contribution in [0.5, 0.6) is 5.75 Å². The van der Waals surface area contributed by atoms with Gasteiger partial charge in [0.2, 0.25) is 10.0 Å². The Morgan fingerprint density at radius 1 is 1.29 bits per heavy atom. The molecule has 3 unspecified atom stereocenters. The molecule has 21 heavy (non-hydrogen) atoms. The van der Waals surface area contributed by atoms with Gasteiger partial charge in [0.15, 0.2) is 0 Å². The maximum atomic E-state index is 12.8. The zero-order valence-corrected chi connectivity index (χ0v) is 13.3. The second kappa shape index (κ2) is 5.26. The fourth-order valence-corrected chi connectivity index (χ4v) is 5.24. The van der Waals surface area contributed by atoms with Crippen LogP contribution in [0, 0.1) is 18.8 Å². The van der Waals surface area contributed by atoms with Crippen LogP contribution in [0.3, 0.4) is 0 Å². The third-order valence-corrected chi connectivity index (χ3v) is 6.71. The second-order valence-corrected chi connectivity index (χ2v) is 8.06. The van der Waals surface area contributed by atoms with E-state index in [9.17, 15) is 8.42 Å². The van der Waals surface area contributed by atoms with Gasteiger partial charge >= 0.3 is 0 Å². The van der Waals surface area contributed by atoms with Crippen LogP contribution in [0.15, 0.2) is 23.1 Å². The average molecular weight is 310 g/mol. The molecule has 6 heteroatoms. The summed E-state index contributed by atoms with van der Waals surface area (Å²) in [6, 6.07) is 5.16. The van der Waals surface area contributed by atoms with Gasteiger partial charge in [-0.1, -0.05) is 0 Å². The van der Waals surface area contributed by atoms with Crippen LogP contribution in [0.4, 0.5) is 0 Å². The first-order valence-electron chi connectivity index (χ1n) is 7.34. The van der Waals surface area contributed by atoms with Crippen LogP contribution in [-0.2, 0) is 10.0 Å². The average Bonchev–Trinajstić information content (AvgIpc) is 3.02. The number of aryl methyl sites for hydroxylation is 1. The summed E-state index contributed by atoms with van der Waals surface area (Å²) in [6.07, 6.45) is 2.06. The molecular weight excluding hydrogens is 288 g/mol. The van der Waals surface area contributed by atoms with Crippen molar-refractivity contribution in [1.29, 1.82) is 0 Å². The minimum atomic E-state index is -3.43. The van der Waals surface area contributed by atoms with Crippen molar-refractivity contribution in [2.45, 2.75) is 30.7 Å². The van der Waals surface area contributed by atoms with Crippen molar-refractivity contribution < 1.29 is 13.2 Å². The molecule has 116 valence electrons. The molecule has 2 aliphatic rings. The smallest absolute Gasteiger partial charge is 0.243 e. The van der Waals surface area contributed by atoms with Gasteiger partial charge in [-0.3, -0.25) is 0 Å².